The highest BCUT2D eigenvalue weighted by atomic mass is 19.1. The Hall–Kier alpha value is -2.89. The largest absolute Gasteiger partial charge is 0.509 e. The summed E-state index contributed by atoms with van der Waals surface area (Å²) >= 11 is 0. The molecule has 28 heavy (non-hydrogen) atoms. The van der Waals surface area contributed by atoms with Gasteiger partial charge in [-0.1, -0.05) is 42.5 Å². The summed E-state index contributed by atoms with van der Waals surface area (Å²) in [7, 11) is 0. The fourth-order valence-corrected chi connectivity index (χ4v) is 3.95. The predicted octanol–water partition coefficient (Wildman–Crippen LogP) is 3.88. The Morgan fingerprint density at radius 3 is 2.29 bits per heavy atom. The van der Waals surface area contributed by atoms with Crippen LogP contribution in [-0.2, 0) is 14.3 Å². The van der Waals surface area contributed by atoms with E-state index in [0.717, 1.165) is 11.1 Å². The molecule has 5 nitrogen and oxygen atoms in total. The van der Waals surface area contributed by atoms with Crippen LogP contribution in [0.5, 0.6) is 0 Å². The van der Waals surface area contributed by atoms with Crippen LogP contribution in [0.25, 0.3) is 0 Å². The first-order chi connectivity index (χ1) is 13.5. The van der Waals surface area contributed by atoms with Crippen molar-refractivity contribution in [1.29, 1.82) is 0 Å². The maximum Gasteiger partial charge on any atom is 0.509 e. The number of likely N-dealkylation sites (tertiary alicyclic amines) is 1. The van der Waals surface area contributed by atoms with E-state index in [4.69, 9.17) is 9.47 Å². The molecule has 1 amide bonds. The third-order valence-corrected chi connectivity index (χ3v) is 5.63. The third-order valence-electron chi connectivity index (χ3n) is 5.63. The van der Waals surface area contributed by atoms with Crippen molar-refractivity contribution in [3.8, 4) is 0 Å². The van der Waals surface area contributed by atoms with E-state index in [0.29, 0.717) is 32.4 Å². The molecule has 1 spiro atoms. The van der Waals surface area contributed by atoms with Crippen molar-refractivity contribution < 1.29 is 23.5 Å². The average Bonchev–Trinajstić information content (AvgIpc) is 3.08. The Morgan fingerprint density at radius 2 is 1.68 bits per heavy atom. The van der Waals surface area contributed by atoms with Gasteiger partial charge >= 0.3 is 6.16 Å². The number of carbonyl (C=O) groups is 2. The number of amides is 1. The normalized spacial score (nSPS) is 19.2. The number of piperidine rings is 1. The van der Waals surface area contributed by atoms with Crippen LogP contribution in [-0.4, -0.2) is 42.3 Å². The lowest BCUT2D eigenvalue weighted by Gasteiger charge is -2.36. The van der Waals surface area contributed by atoms with E-state index in [1.165, 1.54) is 12.1 Å². The third kappa shape index (κ3) is 3.86. The predicted molar refractivity (Wildman–Crippen MR) is 100 cm³/mol. The number of rotatable bonds is 4. The van der Waals surface area contributed by atoms with E-state index >= 15 is 0 Å². The lowest BCUT2D eigenvalue weighted by Crippen LogP contribution is -2.48. The minimum Gasteiger partial charge on any atom is -0.430 e. The van der Waals surface area contributed by atoms with Gasteiger partial charge in [0, 0.05) is 38.3 Å². The molecule has 0 bridgehead atoms. The van der Waals surface area contributed by atoms with Crippen LogP contribution in [0.1, 0.15) is 36.3 Å². The molecular weight excluding hydrogens is 361 g/mol. The van der Waals surface area contributed by atoms with Crippen LogP contribution in [0.2, 0.25) is 0 Å². The van der Waals surface area contributed by atoms with E-state index in [9.17, 15) is 14.0 Å². The SMILES string of the molecule is O=C1OCC2(CCN(C(=O)C[C@@H](c3ccccc3)c3ccc(F)cc3)CC2)O1. The van der Waals surface area contributed by atoms with Crippen molar-refractivity contribution in [2.75, 3.05) is 19.7 Å². The van der Waals surface area contributed by atoms with Crippen molar-refractivity contribution >= 4 is 12.1 Å². The number of halogens is 1. The summed E-state index contributed by atoms with van der Waals surface area (Å²) in [4.78, 5) is 26.1. The standard InChI is InChI=1S/C22H22FNO4/c23-18-8-6-17(7-9-18)19(16-4-2-1-3-5-16)14-20(25)24-12-10-22(11-13-24)15-27-21(26)28-22/h1-9,19H,10-15H2/t19-/m0/s1. The molecule has 0 aliphatic carbocycles. The lowest BCUT2D eigenvalue weighted by molar-refractivity contribution is -0.134. The summed E-state index contributed by atoms with van der Waals surface area (Å²) in [5.41, 5.74) is 1.35. The zero-order valence-electron chi connectivity index (χ0n) is 15.5. The molecule has 0 unspecified atom stereocenters. The molecule has 0 aromatic heterocycles. The number of nitrogens with zero attached hydrogens (tertiary/aromatic N) is 1. The molecule has 2 aromatic carbocycles. The van der Waals surface area contributed by atoms with Crippen molar-refractivity contribution in [3.05, 3.63) is 71.5 Å². The van der Waals surface area contributed by atoms with Gasteiger partial charge in [0.1, 0.15) is 12.4 Å². The topological polar surface area (TPSA) is 55.8 Å². The molecule has 2 aliphatic heterocycles. The molecular formula is C22H22FNO4. The maximum atomic E-state index is 13.4. The first kappa shape index (κ1) is 18.5. The van der Waals surface area contributed by atoms with Gasteiger partial charge in [-0.15, -0.1) is 0 Å². The minimum atomic E-state index is -0.625. The van der Waals surface area contributed by atoms with Crippen LogP contribution < -0.4 is 0 Å². The molecule has 2 aromatic rings. The first-order valence-electron chi connectivity index (χ1n) is 9.49. The summed E-state index contributed by atoms with van der Waals surface area (Å²) in [6, 6.07) is 16.1. The van der Waals surface area contributed by atoms with Crippen molar-refractivity contribution in [1.82, 2.24) is 4.90 Å². The number of ether oxygens (including phenoxy) is 2. The molecule has 2 saturated heterocycles. The zero-order valence-corrected chi connectivity index (χ0v) is 15.5. The highest BCUT2D eigenvalue weighted by Gasteiger charge is 2.45. The van der Waals surface area contributed by atoms with E-state index in [1.807, 2.05) is 35.2 Å². The van der Waals surface area contributed by atoms with Gasteiger partial charge in [0.25, 0.3) is 0 Å². The fourth-order valence-electron chi connectivity index (χ4n) is 3.95. The molecule has 146 valence electrons. The Labute approximate surface area is 163 Å². The zero-order chi connectivity index (χ0) is 19.6. The van der Waals surface area contributed by atoms with Gasteiger partial charge in [0.15, 0.2) is 5.60 Å². The minimum absolute atomic E-state index is 0.0401. The number of hydrogen-bond acceptors (Lipinski definition) is 4. The van der Waals surface area contributed by atoms with Gasteiger partial charge < -0.3 is 14.4 Å². The van der Waals surface area contributed by atoms with Gasteiger partial charge in [0.2, 0.25) is 5.91 Å². The van der Waals surface area contributed by atoms with Crippen LogP contribution in [0.3, 0.4) is 0 Å². The molecule has 0 N–H and O–H groups in total. The van der Waals surface area contributed by atoms with Crippen LogP contribution >= 0.6 is 0 Å². The summed E-state index contributed by atoms with van der Waals surface area (Å²) in [6.07, 6.45) is 0.840. The van der Waals surface area contributed by atoms with Gasteiger partial charge in [-0.25, -0.2) is 9.18 Å². The Balaban J connectivity index is 1.47. The maximum absolute atomic E-state index is 13.4. The Morgan fingerprint density at radius 1 is 1.04 bits per heavy atom. The average molecular weight is 383 g/mol. The summed E-state index contributed by atoms with van der Waals surface area (Å²) in [5, 5.41) is 0. The second-order valence-electron chi connectivity index (χ2n) is 7.42. The highest BCUT2D eigenvalue weighted by molar-refractivity contribution is 5.78. The monoisotopic (exact) mass is 383 g/mol. The second-order valence-corrected chi connectivity index (χ2v) is 7.42. The molecule has 0 saturated carbocycles. The van der Waals surface area contributed by atoms with Crippen molar-refractivity contribution in [3.63, 3.8) is 0 Å². The molecule has 0 radical (unpaired) electrons. The summed E-state index contributed by atoms with van der Waals surface area (Å²) < 4.78 is 23.6. The Kier molecular flexibility index (Phi) is 5.03. The number of cyclic esters (lactones) is 1. The summed E-state index contributed by atoms with van der Waals surface area (Å²) in [6.45, 7) is 1.32. The van der Waals surface area contributed by atoms with E-state index in [1.54, 1.807) is 12.1 Å². The molecule has 2 fully saturated rings. The van der Waals surface area contributed by atoms with Gasteiger partial charge in [-0.05, 0) is 23.3 Å². The van der Waals surface area contributed by atoms with E-state index < -0.39 is 11.8 Å². The van der Waals surface area contributed by atoms with Crippen molar-refractivity contribution in [2.24, 2.45) is 0 Å². The van der Waals surface area contributed by atoms with E-state index in [-0.39, 0.29) is 24.2 Å². The van der Waals surface area contributed by atoms with Gasteiger partial charge in [0.05, 0.1) is 0 Å². The van der Waals surface area contributed by atoms with Crippen molar-refractivity contribution in [2.45, 2.75) is 30.8 Å². The fraction of sp³-hybridized carbons (Fsp3) is 0.364. The lowest BCUT2D eigenvalue weighted by atomic mass is 9.87. The van der Waals surface area contributed by atoms with Gasteiger partial charge in [-0.2, -0.15) is 0 Å². The number of hydrogen-bond donors (Lipinski definition) is 0. The Bertz CT molecular complexity index is 845. The molecule has 2 heterocycles. The van der Waals surface area contributed by atoms with E-state index in [2.05, 4.69) is 0 Å². The molecule has 6 heteroatoms. The first-order valence-corrected chi connectivity index (χ1v) is 9.49. The molecule has 2 aliphatic rings. The van der Waals surface area contributed by atoms with Crippen LogP contribution in [0.4, 0.5) is 9.18 Å². The molecule has 1 atom stereocenters. The van der Waals surface area contributed by atoms with Gasteiger partial charge in [-0.3, -0.25) is 4.79 Å². The second kappa shape index (κ2) is 7.62. The quantitative estimate of drug-likeness (QED) is 0.752. The smallest absolute Gasteiger partial charge is 0.430 e. The summed E-state index contributed by atoms with van der Waals surface area (Å²) in [5.74, 6) is -0.396. The number of carbonyl (C=O) groups excluding carboxylic acids is 2. The number of benzene rings is 2. The molecule has 4 rings (SSSR count). The van der Waals surface area contributed by atoms with Crippen LogP contribution in [0.15, 0.2) is 54.6 Å². The van der Waals surface area contributed by atoms with Crippen LogP contribution in [0, 0.1) is 5.82 Å². The highest BCUT2D eigenvalue weighted by Crippen LogP contribution is 2.33.